The van der Waals surface area contributed by atoms with Crippen molar-refractivity contribution in [3.63, 3.8) is 0 Å². The fourth-order valence-corrected chi connectivity index (χ4v) is 3.67. The number of hydrogen-bond acceptors (Lipinski definition) is 9. The van der Waals surface area contributed by atoms with Gasteiger partial charge >= 0.3 is 0 Å². The number of aromatic nitrogens is 6. The Morgan fingerprint density at radius 1 is 1.11 bits per heavy atom. The standard InChI is InChI=1S/C17H16N8S2/c1-10-5-2-3-6-11(10)19-16-21-13(20-15(18)23-16)9-27-17-22-14(24-25-17)12-7-4-8-26-12/h2-8H,9H2,1H3,(H,22,24,25)(H3,18,19,20,21,23). The number of nitrogen functional groups attached to an aromatic ring is 1. The Labute approximate surface area is 163 Å². The first-order valence-electron chi connectivity index (χ1n) is 8.09. The molecule has 4 aromatic rings. The van der Waals surface area contributed by atoms with Crippen LogP contribution in [0.15, 0.2) is 46.9 Å². The molecule has 8 nitrogen and oxygen atoms in total. The highest BCUT2D eigenvalue weighted by Crippen LogP contribution is 2.25. The van der Waals surface area contributed by atoms with E-state index in [9.17, 15) is 0 Å². The van der Waals surface area contributed by atoms with E-state index in [0.29, 0.717) is 22.7 Å². The number of aryl methyl sites for hydroxylation is 1. The Morgan fingerprint density at radius 2 is 2.00 bits per heavy atom. The van der Waals surface area contributed by atoms with Crippen LogP contribution in [0.5, 0.6) is 0 Å². The first-order chi connectivity index (χ1) is 13.2. The van der Waals surface area contributed by atoms with Crippen LogP contribution in [0.3, 0.4) is 0 Å². The Bertz CT molecular complexity index is 1040. The van der Waals surface area contributed by atoms with Crippen LogP contribution in [-0.2, 0) is 5.75 Å². The smallest absolute Gasteiger partial charge is 0.232 e. The monoisotopic (exact) mass is 396 g/mol. The van der Waals surface area contributed by atoms with Crippen molar-refractivity contribution < 1.29 is 0 Å². The number of nitrogens with zero attached hydrogens (tertiary/aromatic N) is 5. The molecule has 0 saturated carbocycles. The number of hydrogen-bond donors (Lipinski definition) is 3. The minimum atomic E-state index is 0.172. The third-order valence-electron chi connectivity index (χ3n) is 3.64. The molecule has 136 valence electrons. The summed E-state index contributed by atoms with van der Waals surface area (Å²) in [5, 5.41) is 13.0. The molecule has 0 amide bonds. The van der Waals surface area contributed by atoms with Crippen molar-refractivity contribution in [3.05, 3.63) is 53.2 Å². The predicted octanol–water partition coefficient (Wildman–Crippen LogP) is 3.64. The average molecular weight is 397 g/mol. The largest absolute Gasteiger partial charge is 0.368 e. The van der Waals surface area contributed by atoms with E-state index >= 15 is 0 Å². The molecule has 0 aliphatic rings. The Kier molecular flexibility index (Phi) is 4.99. The van der Waals surface area contributed by atoms with Crippen molar-refractivity contribution in [3.8, 4) is 10.7 Å². The molecule has 0 spiro atoms. The summed E-state index contributed by atoms with van der Waals surface area (Å²) in [6, 6.07) is 11.9. The molecule has 0 bridgehead atoms. The minimum absolute atomic E-state index is 0.172. The summed E-state index contributed by atoms with van der Waals surface area (Å²) < 4.78 is 0. The zero-order valence-electron chi connectivity index (χ0n) is 14.4. The van der Waals surface area contributed by atoms with E-state index in [1.165, 1.54) is 11.8 Å². The average Bonchev–Trinajstić information content (AvgIpc) is 3.33. The lowest BCUT2D eigenvalue weighted by molar-refractivity contribution is 0.955. The van der Waals surface area contributed by atoms with Gasteiger partial charge in [-0.2, -0.15) is 15.0 Å². The summed E-state index contributed by atoms with van der Waals surface area (Å²) in [4.78, 5) is 18.3. The number of H-pyrrole nitrogens is 1. The van der Waals surface area contributed by atoms with Gasteiger partial charge < -0.3 is 11.1 Å². The molecule has 10 heteroatoms. The van der Waals surface area contributed by atoms with Crippen LogP contribution in [-0.4, -0.2) is 30.1 Å². The van der Waals surface area contributed by atoms with Gasteiger partial charge in [0.25, 0.3) is 0 Å². The van der Waals surface area contributed by atoms with Crippen LogP contribution >= 0.6 is 23.1 Å². The van der Waals surface area contributed by atoms with Crippen LogP contribution in [0, 0.1) is 6.92 Å². The van der Waals surface area contributed by atoms with Gasteiger partial charge in [0.15, 0.2) is 5.82 Å². The maximum Gasteiger partial charge on any atom is 0.232 e. The van der Waals surface area contributed by atoms with Crippen molar-refractivity contribution in [1.82, 2.24) is 30.1 Å². The highest BCUT2D eigenvalue weighted by Gasteiger charge is 2.10. The molecule has 0 radical (unpaired) electrons. The van der Waals surface area contributed by atoms with Crippen molar-refractivity contribution in [1.29, 1.82) is 0 Å². The van der Waals surface area contributed by atoms with Crippen molar-refractivity contribution in [2.75, 3.05) is 11.1 Å². The summed E-state index contributed by atoms with van der Waals surface area (Å²) in [5.41, 5.74) is 7.86. The first-order valence-corrected chi connectivity index (χ1v) is 9.96. The van der Waals surface area contributed by atoms with Crippen LogP contribution in [0.4, 0.5) is 17.6 Å². The molecule has 0 unspecified atom stereocenters. The van der Waals surface area contributed by atoms with E-state index < -0.39 is 0 Å². The molecule has 0 atom stereocenters. The molecular formula is C17H16N8S2. The number of rotatable bonds is 6. The van der Waals surface area contributed by atoms with E-state index in [1.807, 2.05) is 48.7 Å². The summed E-state index contributed by atoms with van der Waals surface area (Å²) in [6.07, 6.45) is 0. The minimum Gasteiger partial charge on any atom is -0.368 e. The molecule has 0 saturated heterocycles. The highest BCUT2D eigenvalue weighted by molar-refractivity contribution is 7.98. The normalized spacial score (nSPS) is 10.9. The molecule has 27 heavy (non-hydrogen) atoms. The number of thioether (sulfide) groups is 1. The second-order valence-corrected chi connectivity index (χ2v) is 7.50. The van der Waals surface area contributed by atoms with Crippen LogP contribution < -0.4 is 11.1 Å². The van der Waals surface area contributed by atoms with Crippen molar-refractivity contribution >= 4 is 40.7 Å². The second-order valence-electron chi connectivity index (χ2n) is 5.61. The fourth-order valence-electron chi connectivity index (χ4n) is 2.36. The number of aromatic amines is 1. The second kappa shape index (κ2) is 7.72. The molecule has 3 heterocycles. The van der Waals surface area contributed by atoms with Gasteiger partial charge in [0, 0.05) is 5.69 Å². The third-order valence-corrected chi connectivity index (χ3v) is 5.36. The lowest BCUT2D eigenvalue weighted by Gasteiger charge is -2.09. The van der Waals surface area contributed by atoms with Gasteiger partial charge in [0.2, 0.25) is 17.1 Å². The van der Waals surface area contributed by atoms with Gasteiger partial charge in [-0.1, -0.05) is 36.0 Å². The molecule has 0 aliphatic carbocycles. The quantitative estimate of drug-likeness (QED) is 0.423. The Balaban J connectivity index is 1.46. The van der Waals surface area contributed by atoms with Gasteiger partial charge in [-0.05, 0) is 30.0 Å². The Morgan fingerprint density at radius 3 is 2.81 bits per heavy atom. The van der Waals surface area contributed by atoms with Gasteiger partial charge in [-0.3, -0.25) is 5.10 Å². The van der Waals surface area contributed by atoms with E-state index in [2.05, 4.69) is 35.5 Å². The van der Waals surface area contributed by atoms with Crippen LogP contribution in [0.2, 0.25) is 0 Å². The van der Waals surface area contributed by atoms with Gasteiger partial charge in [-0.15, -0.1) is 16.4 Å². The van der Waals surface area contributed by atoms with Gasteiger partial charge in [0.05, 0.1) is 10.6 Å². The predicted molar refractivity (Wildman–Crippen MR) is 108 cm³/mol. The number of benzene rings is 1. The first kappa shape index (κ1) is 17.4. The van der Waals surface area contributed by atoms with Crippen molar-refractivity contribution in [2.45, 2.75) is 17.8 Å². The topological polar surface area (TPSA) is 118 Å². The molecular weight excluding hydrogens is 380 g/mol. The maximum absolute atomic E-state index is 5.84. The number of anilines is 3. The van der Waals surface area contributed by atoms with Crippen LogP contribution in [0.1, 0.15) is 11.4 Å². The SMILES string of the molecule is Cc1ccccc1Nc1nc(N)nc(CSc2n[nH]c(-c3cccs3)n2)n1. The zero-order valence-corrected chi connectivity index (χ0v) is 16.0. The molecule has 0 aliphatic heterocycles. The van der Waals surface area contributed by atoms with E-state index in [4.69, 9.17) is 5.73 Å². The van der Waals surface area contributed by atoms with Gasteiger partial charge in [-0.25, -0.2) is 4.98 Å². The summed E-state index contributed by atoms with van der Waals surface area (Å²) >= 11 is 3.04. The van der Waals surface area contributed by atoms with Crippen LogP contribution in [0.25, 0.3) is 10.7 Å². The van der Waals surface area contributed by atoms with Gasteiger partial charge in [0.1, 0.15) is 5.82 Å². The summed E-state index contributed by atoms with van der Waals surface area (Å²) in [7, 11) is 0. The zero-order chi connectivity index (χ0) is 18.6. The van der Waals surface area contributed by atoms with E-state index in [1.54, 1.807) is 11.3 Å². The number of thiophene rings is 1. The van der Waals surface area contributed by atoms with E-state index in [-0.39, 0.29) is 5.95 Å². The number of para-hydroxylation sites is 1. The lowest BCUT2D eigenvalue weighted by Crippen LogP contribution is -2.07. The molecule has 4 N–H and O–H groups in total. The molecule has 0 fully saturated rings. The number of nitrogens with one attached hydrogen (secondary N) is 2. The molecule has 3 aromatic heterocycles. The summed E-state index contributed by atoms with van der Waals surface area (Å²) in [5.74, 6) is 2.39. The molecule has 1 aromatic carbocycles. The third kappa shape index (κ3) is 4.23. The number of nitrogens with two attached hydrogens (primary N) is 1. The Hall–Kier alpha value is -2.98. The highest BCUT2D eigenvalue weighted by atomic mass is 32.2. The lowest BCUT2D eigenvalue weighted by atomic mass is 10.2. The fraction of sp³-hybridized carbons (Fsp3) is 0.118. The van der Waals surface area contributed by atoms with Crippen molar-refractivity contribution in [2.24, 2.45) is 0 Å². The summed E-state index contributed by atoms with van der Waals surface area (Å²) in [6.45, 7) is 2.01. The maximum atomic E-state index is 5.84. The molecule has 4 rings (SSSR count). The van der Waals surface area contributed by atoms with E-state index in [0.717, 1.165) is 22.0 Å².